The Morgan fingerprint density at radius 1 is 1.59 bits per heavy atom. The standard InChI is InChI=1S/C8H9N5O3S/c14-7(15)3-17-8-12-10-5-13(8)2-1-6-9-4-11-16-6/h4-5H,1-3H2,(H,14,15). The molecule has 2 rings (SSSR count). The summed E-state index contributed by atoms with van der Waals surface area (Å²) in [6.45, 7) is 0.567. The van der Waals surface area contributed by atoms with Crippen LogP contribution in [0.3, 0.4) is 0 Å². The predicted octanol–water partition coefficient (Wildman–Crippen LogP) is 0.0805. The number of carbonyl (C=O) groups is 1. The first kappa shape index (κ1) is 11.6. The summed E-state index contributed by atoms with van der Waals surface area (Å²) in [5.74, 6) is -0.409. The van der Waals surface area contributed by atoms with Gasteiger partial charge in [0.1, 0.15) is 6.33 Å². The van der Waals surface area contributed by atoms with E-state index in [2.05, 4.69) is 20.3 Å². The zero-order chi connectivity index (χ0) is 12.1. The molecule has 2 heterocycles. The van der Waals surface area contributed by atoms with E-state index in [-0.39, 0.29) is 5.75 Å². The summed E-state index contributed by atoms with van der Waals surface area (Å²) in [5, 5.41) is 20.2. The van der Waals surface area contributed by atoms with Gasteiger partial charge in [0.25, 0.3) is 0 Å². The van der Waals surface area contributed by atoms with Crippen molar-refractivity contribution in [2.24, 2.45) is 0 Å². The van der Waals surface area contributed by atoms with Crippen molar-refractivity contribution in [1.82, 2.24) is 24.9 Å². The van der Waals surface area contributed by atoms with Crippen LogP contribution in [0.2, 0.25) is 0 Å². The van der Waals surface area contributed by atoms with Gasteiger partial charge in [0.2, 0.25) is 5.89 Å². The van der Waals surface area contributed by atoms with E-state index in [1.54, 1.807) is 10.9 Å². The molecule has 0 aromatic carbocycles. The van der Waals surface area contributed by atoms with Gasteiger partial charge in [-0.1, -0.05) is 16.9 Å². The van der Waals surface area contributed by atoms with Gasteiger partial charge in [0, 0.05) is 13.0 Å². The largest absolute Gasteiger partial charge is 0.481 e. The van der Waals surface area contributed by atoms with E-state index in [9.17, 15) is 4.79 Å². The highest BCUT2D eigenvalue weighted by atomic mass is 32.2. The minimum absolute atomic E-state index is 0.0424. The quantitative estimate of drug-likeness (QED) is 0.723. The second-order valence-corrected chi connectivity index (χ2v) is 4.02. The Balaban J connectivity index is 1.92. The van der Waals surface area contributed by atoms with Crippen LogP contribution < -0.4 is 0 Å². The van der Waals surface area contributed by atoms with Crippen molar-refractivity contribution >= 4 is 17.7 Å². The summed E-state index contributed by atoms with van der Waals surface area (Å²) in [4.78, 5) is 14.3. The van der Waals surface area contributed by atoms with E-state index in [1.807, 2.05) is 0 Å². The van der Waals surface area contributed by atoms with Crippen molar-refractivity contribution < 1.29 is 14.4 Å². The molecule has 0 aliphatic carbocycles. The minimum atomic E-state index is -0.888. The molecule has 17 heavy (non-hydrogen) atoms. The number of aromatic nitrogens is 5. The molecule has 9 heteroatoms. The number of rotatable bonds is 6. The topological polar surface area (TPSA) is 107 Å². The Bertz CT molecular complexity index is 483. The summed E-state index contributed by atoms with van der Waals surface area (Å²) in [6, 6.07) is 0. The van der Waals surface area contributed by atoms with Gasteiger partial charge >= 0.3 is 5.97 Å². The Hall–Kier alpha value is -1.90. The first-order chi connectivity index (χ1) is 8.25. The van der Waals surface area contributed by atoms with E-state index in [0.717, 1.165) is 11.8 Å². The smallest absolute Gasteiger partial charge is 0.313 e. The molecule has 0 radical (unpaired) electrons. The second-order valence-electron chi connectivity index (χ2n) is 3.07. The van der Waals surface area contributed by atoms with Gasteiger partial charge in [-0.15, -0.1) is 10.2 Å². The number of aryl methyl sites for hydroxylation is 2. The molecule has 2 aromatic heterocycles. The van der Waals surface area contributed by atoms with Crippen molar-refractivity contribution in [2.45, 2.75) is 18.1 Å². The third kappa shape index (κ3) is 3.28. The molecule has 90 valence electrons. The van der Waals surface area contributed by atoms with Crippen molar-refractivity contribution in [2.75, 3.05) is 5.75 Å². The molecule has 2 aromatic rings. The Kier molecular flexibility index (Phi) is 3.70. The van der Waals surface area contributed by atoms with Crippen LogP contribution in [0.25, 0.3) is 0 Å². The maximum atomic E-state index is 10.4. The molecule has 0 saturated heterocycles. The molecule has 1 N–H and O–H groups in total. The Morgan fingerprint density at radius 2 is 2.47 bits per heavy atom. The van der Waals surface area contributed by atoms with E-state index < -0.39 is 5.97 Å². The zero-order valence-corrected chi connectivity index (χ0v) is 9.50. The van der Waals surface area contributed by atoms with Gasteiger partial charge < -0.3 is 14.2 Å². The van der Waals surface area contributed by atoms with Crippen LogP contribution in [0.5, 0.6) is 0 Å². The summed E-state index contributed by atoms with van der Waals surface area (Å²) in [6.07, 6.45) is 3.43. The van der Waals surface area contributed by atoms with Gasteiger partial charge in [-0.25, -0.2) is 0 Å². The molecule has 0 bridgehead atoms. The van der Waals surface area contributed by atoms with Gasteiger partial charge in [-0.3, -0.25) is 4.79 Å². The Morgan fingerprint density at radius 3 is 3.18 bits per heavy atom. The minimum Gasteiger partial charge on any atom is -0.481 e. The highest BCUT2D eigenvalue weighted by molar-refractivity contribution is 7.99. The van der Waals surface area contributed by atoms with E-state index >= 15 is 0 Å². The molecule has 0 aliphatic heterocycles. The monoisotopic (exact) mass is 255 g/mol. The molecular formula is C8H9N5O3S. The third-order valence-corrected chi connectivity index (χ3v) is 2.84. The van der Waals surface area contributed by atoms with Gasteiger partial charge in [0.15, 0.2) is 11.5 Å². The third-order valence-electron chi connectivity index (χ3n) is 1.88. The van der Waals surface area contributed by atoms with Crippen LogP contribution in [-0.4, -0.2) is 41.7 Å². The van der Waals surface area contributed by atoms with Crippen LogP contribution >= 0.6 is 11.8 Å². The maximum absolute atomic E-state index is 10.4. The first-order valence-corrected chi connectivity index (χ1v) is 5.72. The van der Waals surface area contributed by atoms with Crippen molar-refractivity contribution in [1.29, 1.82) is 0 Å². The lowest BCUT2D eigenvalue weighted by atomic mass is 10.4. The normalized spacial score (nSPS) is 10.6. The summed E-state index contributed by atoms with van der Waals surface area (Å²) >= 11 is 1.12. The molecule has 0 unspecified atom stereocenters. The van der Waals surface area contributed by atoms with Crippen LogP contribution in [0.1, 0.15) is 5.89 Å². The lowest BCUT2D eigenvalue weighted by Gasteiger charge is -2.02. The van der Waals surface area contributed by atoms with Gasteiger partial charge in [0.05, 0.1) is 5.75 Å². The zero-order valence-electron chi connectivity index (χ0n) is 8.68. The molecule has 0 fully saturated rings. The van der Waals surface area contributed by atoms with Crippen LogP contribution in [0, 0.1) is 0 Å². The summed E-state index contributed by atoms with van der Waals surface area (Å²) < 4.78 is 6.60. The molecule has 0 aliphatic rings. The van der Waals surface area contributed by atoms with Gasteiger partial charge in [-0.2, -0.15) is 4.98 Å². The van der Waals surface area contributed by atoms with E-state index in [4.69, 9.17) is 9.63 Å². The number of nitrogens with zero attached hydrogens (tertiary/aromatic N) is 5. The average molecular weight is 255 g/mol. The number of aliphatic carboxylic acids is 1. The number of thioether (sulfide) groups is 1. The van der Waals surface area contributed by atoms with E-state index in [1.165, 1.54) is 6.33 Å². The molecule has 0 amide bonds. The number of hydrogen-bond acceptors (Lipinski definition) is 7. The second kappa shape index (κ2) is 5.43. The van der Waals surface area contributed by atoms with Crippen LogP contribution in [0.15, 0.2) is 22.3 Å². The maximum Gasteiger partial charge on any atom is 0.313 e. The van der Waals surface area contributed by atoms with Crippen LogP contribution in [-0.2, 0) is 17.8 Å². The predicted molar refractivity (Wildman–Crippen MR) is 56.4 cm³/mol. The average Bonchev–Trinajstić information content (AvgIpc) is 2.95. The molecule has 0 atom stereocenters. The van der Waals surface area contributed by atoms with Gasteiger partial charge in [-0.05, 0) is 0 Å². The fraction of sp³-hybridized carbons (Fsp3) is 0.375. The molecule has 0 saturated carbocycles. The van der Waals surface area contributed by atoms with Crippen LogP contribution in [0.4, 0.5) is 0 Å². The lowest BCUT2D eigenvalue weighted by Crippen LogP contribution is -2.04. The Labute approximate surface area is 100 Å². The SMILES string of the molecule is O=C(O)CSc1nncn1CCc1ncno1. The number of carboxylic acid groups (broad SMARTS) is 1. The fourth-order valence-electron chi connectivity index (χ4n) is 1.16. The van der Waals surface area contributed by atoms with Crippen molar-refractivity contribution in [3.05, 3.63) is 18.5 Å². The highest BCUT2D eigenvalue weighted by Crippen LogP contribution is 2.14. The molecular weight excluding hydrogens is 246 g/mol. The first-order valence-electron chi connectivity index (χ1n) is 4.73. The summed E-state index contributed by atoms with van der Waals surface area (Å²) in [5.41, 5.74) is 0. The van der Waals surface area contributed by atoms with Crippen molar-refractivity contribution in [3.8, 4) is 0 Å². The number of hydrogen-bond donors (Lipinski definition) is 1. The lowest BCUT2D eigenvalue weighted by molar-refractivity contribution is -0.133. The van der Waals surface area contributed by atoms with E-state index in [0.29, 0.717) is 24.0 Å². The molecule has 0 spiro atoms. The highest BCUT2D eigenvalue weighted by Gasteiger charge is 2.08. The van der Waals surface area contributed by atoms with Crippen molar-refractivity contribution in [3.63, 3.8) is 0 Å². The summed E-state index contributed by atoms with van der Waals surface area (Å²) in [7, 11) is 0. The fourth-order valence-corrected chi connectivity index (χ4v) is 1.82. The number of carboxylic acids is 1. The molecule has 8 nitrogen and oxygen atoms in total.